The Kier molecular flexibility index (Phi) is 5.44. The second-order valence-corrected chi connectivity index (χ2v) is 2.59. The third kappa shape index (κ3) is 5.59. The van der Waals surface area contributed by atoms with Gasteiger partial charge in [0.2, 0.25) is 0 Å². The minimum atomic E-state index is 1.06. The molecule has 0 aliphatic heterocycles. The molecule has 0 unspecified atom stereocenters. The fraction of sp³-hybridized carbons (Fsp3) is 0.500. The molecule has 0 aliphatic carbocycles. The number of hydrogen-bond acceptors (Lipinski definition) is 1. The maximum atomic E-state index is 4.01. The van der Waals surface area contributed by atoms with Crippen LogP contribution in [-0.2, 0) is 0 Å². The van der Waals surface area contributed by atoms with Gasteiger partial charge in [0.05, 0.1) is 0 Å². The van der Waals surface area contributed by atoms with E-state index in [0.717, 1.165) is 12.1 Å². The van der Waals surface area contributed by atoms with Crippen molar-refractivity contribution in [2.75, 3.05) is 7.05 Å². The molecule has 1 nitrogen and oxygen atoms in total. The van der Waals surface area contributed by atoms with Crippen LogP contribution in [0.3, 0.4) is 0 Å². The summed E-state index contributed by atoms with van der Waals surface area (Å²) in [6, 6.07) is 0. The van der Waals surface area contributed by atoms with Crippen molar-refractivity contribution >= 4 is 5.71 Å². The van der Waals surface area contributed by atoms with Gasteiger partial charge >= 0.3 is 0 Å². The van der Waals surface area contributed by atoms with Crippen LogP contribution in [-0.4, -0.2) is 12.8 Å². The van der Waals surface area contributed by atoms with Crippen molar-refractivity contribution in [1.29, 1.82) is 0 Å². The summed E-state index contributed by atoms with van der Waals surface area (Å²) >= 11 is 0. The molecule has 0 aromatic heterocycles. The first-order valence-electron chi connectivity index (χ1n) is 3.98. The molecule has 0 saturated carbocycles. The highest BCUT2D eigenvalue weighted by molar-refractivity contribution is 5.92. The predicted octanol–water partition coefficient (Wildman–Crippen LogP) is 2.99. The van der Waals surface area contributed by atoms with Gasteiger partial charge in [-0.15, -0.1) is 0 Å². The van der Waals surface area contributed by atoms with E-state index in [1.165, 1.54) is 5.57 Å². The molecular formula is C10H17N. The lowest BCUT2D eigenvalue weighted by Gasteiger charge is -1.89. The topological polar surface area (TPSA) is 12.4 Å². The summed E-state index contributed by atoms with van der Waals surface area (Å²) in [5.74, 6) is 0. The molecule has 0 atom stereocenters. The number of aliphatic imine (C=N–C) groups is 1. The van der Waals surface area contributed by atoms with Gasteiger partial charge in [0.15, 0.2) is 0 Å². The number of hydrogen-bond donors (Lipinski definition) is 0. The van der Waals surface area contributed by atoms with Gasteiger partial charge in [-0.3, -0.25) is 4.99 Å². The first-order valence-corrected chi connectivity index (χ1v) is 3.98. The van der Waals surface area contributed by atoms with Crippen molar-refractivity contribution in [2.45, 2.75) is 27.2 Å². The molecule has 0 N–H and O–H groups in total. The van der Waals surface area contributed by atoms with Crippen molar-refractivity contribution in [3.63, 3.8) is 0 Å². The van der Waals surface area contributed by atoms with Crippen LogP contribution in [0.4, 0.5) is 0 Å². The summed E-state index contributed by atoms with van der Waals surface area (Å²) in [4.78, 5) is 4.01. The van der Waals surface area contributed by atoms with Crippen LogP contribution in [0.5, 0.6) is 0 Å². The predicted molar refractivity (Wildman–Crippen MR) is 52.2 cm³/mol. The lowest BCUT2D eigenvalue weighted by Crippen LogP contribution is -1.81. The molecule has 0 saturated heterocycles. The Morgan fingerprint density at radius 3 is 2.45 bits per heavy atom. The highest BCUT2D eigenvalue weighted by atomic mass is 14.7. The van der Waals surface area contributed by atoms with Crippen molar-refractivity contribution in [2.24, 2.45) is 4.99 Å². The van der Waals surface area contributed by atoms with Crippen LogP contribution in [0, 0.1) is 0 Å². The summed E-state index contributed by atoms with van der Waals surface area (Å²) in [5, 5.41) is 0. The zero-order chi connectivity index (χ0) is 8.69. The molecule has 0 aliphatic rings. The Balaban J connectivity index is 3.96. The van der Waals surface area contributed by atoms with E-state index in [1.807, 2.05) is 19.1 Å². The number of rotatable bonds is 3. The molecule has 0 rings (SSSR count). The molecule has 1 heteroatoms. The summed E-state index contributed by atoms with van der Waals surface area (Å²) in [5.41, 5.74) is 2.45. The van der Waals surface area contributed by atoms with Crippen LogP contribution in [0.1, 0.15) is 27.2 Å². The molecule has 0 aromatic rings. The molecule has 0 radical (unpaired) electrons. The standard InChI is InChI=1S/C10H17N/c1-5-9(2)7-6-8-10(3)11-4/h6-8H,5H2,1-4H3. The highest BCUT2D eigenvalue weighted by Crippen LogP contribution is 1.97. The maximum Gasteiger partial charge on any atom is 0.0313 e. The second-order valence-electron chi connectivity index (χ2n) is 2.59. The summed E-state index contributed by atoms with van der Waals surface area (Å²) in [7, 11) is 1.80. The van der Waals surface area contributed by atoms with Gasteiger partial charge in [0, 0.05) is 12.8 Å². The van der Waals surface area contributed by atoms with Crippen LogP contribution >= 0.6 is 0 Å². The van der Waals surface area contributed by atoms with Crippen molar-refractivity contribution in [1.82, 2.24) is 0 Å². The zero-order valence-electron chi connectivity index (χ0n) is 7.89. The van der Waals surface area contributed by atoms with Crippen LogP contribution in [0.25, 0.3) is 0 Å². The van der Waals surface area contributed by atoms with Gasteiger partial charge in [-0.25, -0.2) is 0 Å². The third-order valence-corrected chi connectivity index (χ3v) is 1.63. The largest absolute Gasteiger partial charge is 0.293 e. The van der Waals surface area contributed by atoms with E-state index in [4.69, 9.17) is 0 Å². The summed E-state index contributed by atoms with van der Waals surface area (Å²) < 4.78 is 0. The normalized spacial score (nSPS) is 14.5. The smallest absolute Gasteiger partial charge is 0.0313 e. The van der Waals surface area contributed by atoms with E-state index in [1.54, 1.807) is 7.05 Å². The molecule has 11 heavy (non-hydrogen) atoms. The Hall–Kier alpha value is -0.850. The Labute approximate surface area is 69.5 Å². The first kappa shape index (κ1) is 10.2. The van der Waals surface area contributed by atoms with Crippen LogP contribution in [0.15, 0.2) is 28.8 Å². The first-order chi connectivity index (χ1) is 5.20. The van der Waals surface area contributed by atoms with Crippen molar-refractivity contribution < 1.29 is 0 Å². The Morgan fingerprint density at radius 1 is 1.36 bits per heavy atom. The van der Waals surface area contributed by atoms with E-state index in [9.17, 15) is 0 Å². The molecule has 62 valence electrons. The van der Waals surface area contributed by atoms with Gasteiger partial charge < -0.3 is 0 Å². The fourth-order valence-electron chi connectivity index (χ4n) is 0.544. The van der Waals surface area contributed by atoms with Gasteiger partial charge in [-0.05, 0) is 26.3 Å². The summed E-state index contributed by atoms with van der Waals surface area (Å²) in [6.45, 7) is 6.27. The third-order valence-electron chi connectivity index (χ3n) is 1.63. The molecule has 0 aromatic carbocycles. The lowest BCUT2D eigenvalue weighted by molar-refractivity contribution is 1.10. The average molecular weight is 151 g/mol. The molecule has 0 amide bonds. The minimum Gasteiger partial charge on any atom is -0.293 e. The van der Waals surface area contributed by atoms with Crippen molar-refractivity contribution in [3.8, 4) is 0 Å². The van der Waals surface area contributed by atoms with E-state index in [-0.39, 0.29) is 0 Å². The van der Waals surface area contributed by atoms with Gasteiger partial charge in [0.1, 0.15) is 0 Å². The van der Waals surface area contributed by atoms with Gasteiger partial charge in [-0.1, -0.05) is 24.6 Å². The molecule has 0 heterocycles. The summed E-state index contributed by atoms with van der Waals surface area (Å²) in [6.07, 6.45) is 7.29. The van der Waals surface area contributed by atoms with E-state index in [0.29, 0.717) is 0 Å². The van der Waals surface area contributed by atoms with Crippen LogP contribution in [0.2, 0.25) is 0 Å². The van der Waals surface area contributed by atoms with Gasteiger partial charge in [0.25, 0.3) is 0 Å². The van der Waals surface area contributed by atoms with E-state index >= 15 is 0 Å². The zero-order valence-corrected chi connectivity index (χ0v) is 7.89. The average Bonchev–Trinajstić information content (AvgIpc) is 2.04. The van der Waals surface area contributed by atoms with Gasteiger partial charge in [-0.2, -0.15) is 0 Å². The lowest BCUT2D eigenvalue weighted by atomic mass is 10.2. The number of nitrogens with zero attached hydrogens (tertiary/aromatic N) is 1. The van der Waals surface area contributed by atoms with E-state index < -0.39 is 0 Å². The molecule has 0 bridgehead atoms. The number of allylic oxidation sites excluding steroid dienone is 4. The maximum absolute atomic E-state index is 4.01. The quantitative estimate of drug-likeness (QED) is 0.434. The van der Waals surface area contributed by atoms with Crippen molar-refractivity contribution in [3.05, 3.63) is 23.8 Å². The Bertz CT molecular complexity index is 185. The molecular weight excluding hydrogens is 134 g/mol. The van der Waals surface area contributed by atoms with E-state index in [2.05, 4.69) is 24.9 Å². The fourth-order valence-corrected chi connectivity index (χ4v) is 0.544. The Morgan fingerprint density at radius 2 is 2.00 bits per heavy atom. The SMILES string of the molecule is CCC(C)=CC=CC(C)=NC. The highest BCUT2D eigenvalue weighted by Gasteiger charge is 1.79. The molecule has 0 spiro atoms. The second kappa shape index (κ2) is 5.90. The molecule has 0 fully saturated rings. The monoisotopic (exact) mass is 151 g/mol. The van der Waals surface area contributed by atoms with Crippen LogP contribution < -0.4 is 0 Å². The minimum absolute atomic E-state index is 1.06.